The fourth-order valence-electron chi connectivity index (χ4n) is 1.94. The van der Waals surface area contributed by atoms with Gasteiger partial charge in [0.1, 0.15) is 5.82 Å². The van der Waals surface area contributed by atoms with Crippen LogP contribution in [0.5, 0.6) is 0 Å². The van der Waals surface area contributed by atoms with Crippen molar-refractivity contribution in [3.05, 3.63) is 54.0 Å². The molecule has 1 amide bonds. The molecule has 0 saturated carbocycles. The van der Waals surface area contributed by atoms with E-state index < -0.39 is 0 Å². The molecule has 7 heteroatoms. The third kappa shape index (κ3) is 6.04. The minimum atomic E-state index is -0.0981. The van der Waals surface area contributed by atoms with Crippen LogP contribution in [0.2, 0.25) is 0 Å². The van der Waals surface area contributed by atoms with E-state index in [1.54, 1.807) is 25.5 Å². The first kappa shape index (κ1) is 17.4. The van der Waals surface area contributed by atoms with Crippen molar-refractivity contribution < 1.29 is 4.79 Å². The Morgan fingerprint density at radius 1 is 1.17 bits per heavy atom. The maximum atomic E-state index is 11.9. The molecule has 2 aromatic heterocycles. The van der Waals surface area contributed by atoms with Crippen molar-refractivity contribution >= 4 is 17.7 Å². The summed E-state index contributed by atoms with van der Waals surface area (Å²) < 4.78 is 0. The predicted octanol–water partition coefficient (Wildman–Crippen LogP) is 1.48. The van der Waals surface area contributed by atoms with Crippen molar-refractivity contribution in [1.29, 1.82) is 0 Å². The average Bonchev–Trinajstić information content (AvgIpc) is 2.61. The molecule has 0 fully saturated rings. The summed E-state index contributed by atoms with van der Waals surface area (Å²) in [7, 11) is 1.68. The van der Waals surface area contributed by atoms with Crippen molar-refractivity contribution in [1.82, 2.24) is 20.6 Å². The summed E-state index contributed by atoms with van der Waals surface area (Å²) in [6.07, 6.45) is 3.79. The molecule has 0 atom stereocenters. The van der Waals surface area contributed by atoms with Gasteiger partial charge in [0.2, 0.25) is 5.91 Å². The number of amides is 1. The summed E-state index contributed by atoms with van der Waals surface area (Å²) in [5, 5.41) is 9.00. The highest BCUT2D eigenvalue weighted by molar-refractivity contribution is 5.90. The summed E-state index contributed by atoms with van der Waals surface area (Å²) in [4.78, 5) is 24.4. The van der Waals surface area contributed by atoms with Gasteiger partial charge in [-0.1, -0.05) is 12.1 Å². The number of aliphatic imine (C=N–C) groups is 1. The first-order chi connectivity index (χ1) is 11.7. The van der Waals surface area contributed by atoms with Crippen molar-refractivity contribution in [2.45, 2.75) is 19.9 Å². The monoisotopic (exact) mass is 326 g/mol. The van der Waals surface area contributed by atoms with Gasteiger partial charge in [0.05, 0.1) is 12.2 Å². The molecule has 0 aromatic carbocycles. The topological polar surface area (TPSA) is 91.3 Å². The quantitative estimate of drug-likeness (QED) is 0.552. The Morgan fingerprint density at radius 3 is 2.71 bits per heavy atom. The first-order valence-corrected chi connectivity index (χ1v) is 7.74. The predicted molar refractivity (Wildman–Crippen MR) is 94.7 cm³/mol. The summed E-state index contributed by atoms with van der Waals surface area (Å²) in [6.45, 7) is 2.99. The third-order valence-corrected chi connectivity index (χ3v) is 3.21. The third-order valence-electron chi connectivity index (χ3n) is 3.21. The second-order valence-corrected chi connectivity index (χ2v) is 5.19. The van der Waals surface area contributed by atoms with Crippen molar-refractivity contribution in [2.24, 2.45) is 4.99 Å². The van der Waals surface area contributed by atoms with Gasteiger partial charge in [0.15, 0.2) is 5.96 Å². The summed E-state index contributed by atoms with van der Waals surface area (Å²) >= 11 is 0. The molecule has 0 spiro atoms. The van der Waals surface area contributed by atoms with E-state index in [0.717, 1.165) is 11.3 Å². The Balaban J connectivity index is 1.69. The number of aromatic nitrogens is 2. The van der Waals surface area contributed by atoms with Gasteiger partial charge in [0, 0.05) is 32.4 Å². The Hall–Kier alpha value is -2.96. The summed E-state index contributed by atoms with van der Waals surface area (Å²) in [5.74, 6) is 1.09. The van der Waals surface area contributed by atoms with Crippen LogP contribution in [0, 0.1) is 6.92 Å². The maximum Gasteiger partial charge on any atom is 0.227 e. The van der Waals surface area contributed by atoms with Crippen LogP contribution in [0.1, 0.15) is 17.7 Å². The number of carbonyl (C=O) groups is 1. The lowest BCUT2D eigenvalue weighted by Gasteiger charge is -2.11. The van der Waals surface area contributed by atoms with Gasteiger partial charge in [-0.3, -0.25) is 14.8 Å². The lowest BCUT2D eigenvalue weighted by molar-refractivity contribution is -0.116. The standard InChI is InChI=1S/C17H22N6O/c1-13-6-7-15(21-11-13)23-16(24)8-10-20-17(18-2)22-12-14-5-3-4-9-19-14/h3-7,9,11H,8,10,12H2,1-2H3,(H2,18,20,22)(H,21,23,24). The fourth-order valence-corrected chi connectivity index (χ4v) is 1.94. The molecular weight excluding hydrogens is 304 g/mol. The fraction of sp³-hybridized carbons (Fsp3) is 0.294. The highest BCUT2D eigenvalue weighted by atomic mass is 16.1. The molecule has 3 N–H and O–H groups in total. The van der Waals surface area contributed by atoms with Crippen LogP contribution in [-0.2, 0) is 11.3 Å². The zero-order valence-corrected chi connectivity index (χ0v) is 13.9. The first-order valence-electron chi connectivity index (χ1n) is 7.74. The second-order valence-electron chi connectivity index (χ2n) is 5.19. The van der Waals surface area contributed by atoms with Crippen LogP contribution < -0.4 is 16.0 Å². The second kappa shape index (κ2) is 9.24. The minimum Gasteiger partial charge on any atom is -0.356 e. The number of carbonyl (C=O) groups excluding carboxylic acids is 1. The molecule has 7 nitrogen and oxygen atoms in total. The number of pyridine rings is 2. The average molecular weight is 326 g/mol. The van der Waals surface area contributed by atoms with Crippen molar-refractivity contribution in [3.8, 4) is 0 Å². The zero-order chi connectivity index (χ0) is 17.2. The number of nitrogens with zero attached hydrogens (tertiary/aromatic N) is 3. The molecule has 0 saturated heterocycles. The number of guanidine groups is 1. The van der Waals surface area contributed by atoms with E-state index in [-0.39, 0.29) is 5.91 Å². The van der Waals surface area contributed by atoms with Gasteiger partial charge in [-0.15, -0.1) is 0 Å². The van der Waals surface area contributed by atoms with E-state index in [0.29, 0.717) is 31.3 Å². The highest BCUT2D eigenvalue weighted by Gasteiger charge is 2.04. The van der Waals surface area contributed by atoms with Crippen LogP contribution in [0.3, 0.4) is 0 Å². The summed E-state index contributed by atoms with van der Waals surface area (Å²) in [5.41, 5.74) is 1.97. The van der Waals surface area contributed by atoms with E-state index in [9.17, 15) is 4.79 Å². The molecule has 0 aliphatic carbocycles. The molecule has 0 unspecified atom stereocenters. The smallest absolute Gasteiger partial charge is 0.227 e. The Kier molecular flexibility index (Phi) is 6.70. The number of rotatable bonds is 6. The van der Waals surface area contributed by atoms with E-state index >= 15 is 0 Å². The van der Waals surface area contributed by atoms with Gasteiger partial charge in [-0.25, -0.2) is 4.98 Å². The molecule has 0 radical (unpaired) electrons. The Morgan fingerprint density at radius 2 is 2.04 bits per heavy atom. The molecule has 2 rings (SSSR count). The normalized spacial score (nSPS) is 11.0. The zero-order valence-electron chi connectivity index (χ0n) is 13.9. The van der Waals surface area contributed by atoms with Gasteiger partial charge in [-0.2, -0.15) is 0 Å². The molecule has 126 valence electrons. The van der Waals surface area contributed by atoms with Gasteiger partial charge >= 0.3 is 0 Å². The van der Waals surface area contributed by atoms with E-state index in [1.165, 1.54) is 0 Å². The van der Waals surface area contributed by atoms with Gasteiger partial charge in [-0.05, 0) is 30.7 Å². The summed E-state index contributed by atoms with van der Waals surface area (Å²) in [6, 6.07) is 9.43. The molecule has 0 bridgehead atoms. The van der Waals surface area contributed by atoms with Gasteiger partial charge in [0.25, 0.3) is 0 Å². The molecule has 2 heterocycles. The Labute approximate surface area is 141 Å². The SMILES string of the molecule is CN=C(NCCC(=O)Nc1ccc(C)cn1)NCc1ccccn1. The lowest BCUT2D eigenvalue weighted by atomic mass is 10.3. The maximum absolute atomic E-state index is 11.9. The highest BCUT2D eigenvalue weighted by Crippen LogP contribution is 2.03. The van der Waals surface area contributed by atoms with Crippen molar-refractivity contribution in [2.75, 3.05) is 18.9 Å². The molecule has 0 aliphatic rings. The minimum absolute atomic E-state index is 0.0981. The lowest BCUT2D eigenvalue weighted by Crippen LogP contribution is -2.38. The van der Waals surface area contributed by atoms with Crippen LogP contribution in [0.4, 0.5) is 5.82 Å². The van der Waals surface area contributed by atoms with Crippen molar-refractivity contribution in [3.63, 3.8) is 0 Å². The van der Waals surface area contributed by atoms with Crippen LogP contribution >= 0.6 is 0 Å². The van der Waals surface area contributed by atoms with Crippen LogP contribution in [-0.4, -0.2) is 35.4 Å². The molecule has 24 heavy (non-hydrogen) atoms. The largest absolute Gasteiger partial charge is 0.356 e. The van der Waals surface area contributed by atoms with Crippen LogP contribution in [0.15, 0.2) is 47.7 Å². The van der Waals surface area contributed by atoms with Crippen LogP contribution in [0.25, 0.3) is 0 Å². The number of hydrogen-bond acceptors (Lipinski definition) is 4. The molecule has 2 aromatic rings. The number of aryl methyl sites for hydroxylation is 1. The number of hydrogen-bond donors (Lipinski definition) is 3. The molecule has 0 aliphatic heterocycles. The number of anilines is 1. The Bertz CT molecular complexity index is 669. The van der Waals surface area contributed by atoms with E-state index in [4.69, 9.17) is 0 Å². The number of nitrogens with one attached hydrogen (secondary N) is 3. The van der Waals surface area contributed by atoms with Gasteiger partial charge < -0.3 is 16.0 Å². The van der Waals surface area contributed by atoms with E-state index in [2.05, 4.69) is 30.9 Å². The molecular formula is C17H22N6O. The van der Waals surface area contributed by atoms with E-state index in [1.807, 2.05) is 31.2 Å².